The largest absolute Gasteiger partial charge is 0.495 e. The number of hydrogen-bond acceptors (Lipinski definition) is 6. The summed E-state index contributed by atoms with van der Waals surface area (Å²) in [6.45, 7) is 1.49. The zero-order chi connectivity index (χ0) is 23.3. The Morgan fingerprint density at radius 3 is 2.62 bits per heavy atom. The summed E-state index contributed by atoms with van der Waals surface area (Å²) in [7, 11) is 2.97. The molecule has 10 heteroatoms. The molecule has 0 bridgehead atoms. The van der Waals surface area contributed by atoms with E-state index in [-0.39, 0.29) is 6.61 Å². The molecule has 2 aromatic rings. The van der Waals surface area contributed by atoms with Gasteiger partial charge in [-0.25, -0.2) is 4.79 Å². The number of benzene rings is 2. The van der Waals surface area contributed by atoms with Crippen molar-refractivity contribution in [3.8, 4) is 23.3 Å². The summed E-state index contributed by atoms with van der Waals surface area (Å²) >= 11 is 3.42. The first kappa shape index (κ1) is 23.0. The minimum atomic E-state index is -0.770. The van der Waals surface area contributed by atoms with Crippen molar-refractivity contribution in [2.45, 2.75) is 13.0 Å². The van der Waals surface area contributed by atoms with Gasteiger partial charge in [0.05, 0.1) is 36.0 Å². The fourth-order valence-electron chi connectivity index (χ4n) is 3.33. The summed E-state index contributed by atoms with van der Waals surface area (Å²) < 4.78 is 16.7. The van der Waals surface area contributed by atoms with E-state index in [0.29, 0.717) is 44.2 Å². The van der Waals surface area contributed by atoms with Gasteiger partial charge in [-0.3, -0.25) is 4.79 Å². The standard InChI is InChI=1S/C22H21BrN4O5/c1-12-18(21(28)26-15-6-4-5-7-16(15)30-2)19(27-22(29)25-12)13-10-14(23)20(32-9-8-24)17(11-13)31-3/h4-7,10-11,19H,9H2,1-3H3,(H,26,28)(H2,25,27,29)/t19-/m1/s1. The van der Waals surface area contributed by atoms with E-state index in [1.165, 1.54) is 14.2 Å². The molecule has 0 spiro atoms. The van der Waals surface area contributed by atoms with Crippen molar-refractivity contribution in [2.75, 3.05) is 26.1 Å². The van der Waals surface area contributed by atoms with Crippen LogP contribution in [0.3, 0.4) is 0 Å². The number of urea groups is 1. The van der Waals surface area contributed by atoms with Gasteiger partial charge in [-0.05, 0) is 52.7 Å². The molecule has 0 aromatic heterocycles. The third-order valence-electron chi connectivity index (χ3n) is 4.74. The average molecular weight is 501 g/mol. The second kappa shape index (κ2) is 10.1. The fraction of sp³-hybridized carbons (Fsp3) is 0.227. The molecule has 32 heavy (non-hydrogen) atoms. The first-order chi connectivity index (χ1) is 15.4. The minimum Gasteiger partial charge on any atom is -0.495 e. The lowest BCUT2D eigenvalue weighted by Gasteiger charge is -2.29. The predicted molar refractivity (Wildman–Crippen MR) is 121 cm³/mol. The van der Waals surface area contributed by atoms with E-state index in [2.05, 4.69) is 31.9 Å². The van der Waals surface area contributed by atoms with Crippen LogP contribution in [0, 0.1) is 11.3 Å². The van der Waals surface area contributed by atoms with Gasteiger partial charge in [0.25, 0.3) is 5.91 Å². The van der Waals surface area contributed by atoms with E-state index in [9.17, 15) is 9.59 Å². The Kier molecular flexibility index (Phi) is 7.22. The molecular formula is C22H21BrN4O5. The molecule has 1 atom stereocenters. The molecule has 2 aromatic carbocycles. The molecule has 3 N–H and O–H groups in total. The number of allylic oxidation sites excluding steroid dienone is 1. The number of halogens is 1. The van der Waals surface area contributed by atoms with Crippen LogP contribution in [0.25, 0.3) is 0 Å². The second-order valence-corrected chi connectivity index (χ2v) is 7.56. The zero-order valence-corrected chi connectivity index (χ0v) is 19.2. The lowest BCUT2D eigenvalue weighted by Crippen LogP contribution is -2.46. The Bertz CT molecular complexity index is 1130. The third kappa shape index (κ3) is 4.78. The van der Waals surface area contributed by atoms with Crippen molar-refractivity contribution in [3.63, 3.8) is 0 Å². The average Bonchev–Trinajstić information content (AvgIpc) is 2.77. The molecule has 9 nitrogen and oxygen atoms in total. The smallest absolute Gasteiger partial charge is 0.319 e. The number of para-hydroxylation sites is 2. The third-order valence-corrected chi connectivity index (χ3v) is 5.32. The SMILES string of the molecule is COc1ccccc1NC(=O)C1=C(C)NC(=O)N[C@@H]1c1cc(Br)c(OCC#N)c(OC)c1. The van der Waals surface area contributed by atoms with E-state index in [1.54, 1.807) is 43.3 Å². The number of carbonyl (C=O) groups excluding carboxylic acids is 2. The highest BCUT2D eigenvalue weighted by Crippen LogP contribution is 2.40. The number of anilines is 1. The van der Waals surface area contributed by atoms with Crippen LogP contribution in [-0.2, 0) is 4.79 Å². The Balaban J connectivity index is 2.02. The molecule has 0 saturated carbocycles. The van der Waals surface area contributed by atoms with Gasteiger partial charge >= 0.3 is 6.03 Å². The summed E-state index contributed by atoms with van der Waals surface area (Å²) in [5.74, 6) is 0.787. The summed E-state index contributed by atoms with van der Waals surface area (Å²) in [6, 6.07) is 11.1. The Morgan fingerprint density at radius 1 is 1.22 bits per heavy atom. The van der Waals surface area contributed by atoms with Crippen LogP contribution in [0.4, 0.5) is 10.5 Å². The van der Waals surface area contributed by atoms with Crippen LogP contribution in [0.5, 0.6) is 17.2 Å². The normalized spacial score (nSPS) is 15.2. The van der Waals surface area contributed by atoms with Crippen molar-refractivity contribution in [1.29, 1.82) is 5.26 Å². The lowest BCUT2D eigenvalue weighted by atomic mass is 9.94. The highest BCUT2D eigenvalue weighted by Gasteiger charge is 2.32. The maximum atomic E-state index is 13.3. The van der Waals surface area contributed by atoms with Crippen LogP contribution in [0.1, 0.15) is 18.5 Å². The minimum absolute atomic E-state index is 0.163. The van der Waals surface area contributed by atoms with Crippen LogP contribution in [0.15, 0.2) is 52.1 Å². The van der Waals surface area contributed by atoms with Crippen molar-refractivity contribution in [2.24, 2.45) is 0 Å². The maximum absolute atomic E-state index is 13.3. The van der Waals surface area contributed by atoms with Gasteiger partial charge in [0, 0.05) is 5.70 Å². The van der Waals surface area contributed by atoms with E-state index in [1.807, 2.05) is 6.07 Å². The molecule has 1 aliphatic heterocycles. The first-order valence-electron chi connectivity index (χ1n) is 9.49. The number of nitriles is 1. The van der Waals surface area contributed by atoms with Crippen LogP contribution in [-0.4, -0.2) is 32.8 Å². The van der Waals surface area contributed by atoms with Crippen molar-refractivity contribution in [3.05, 3.63) is 57.7 Å². The monoisotopic (exact) mass is 500 g/mol. The number of amides is 3. The highest BCUT2D eigenvalue weighted by molar-refractivity contribution is 9.10. The molecule has 3 rings (SSSR count). The molecule has 0 radical (unpaired) electrons. The molecular weight excluding hydrogens is 480 g/mol. The number of nitrogens with zero attached hydrogens (tertiary/aromatic N) is 1. The summed E-state index contributed by atoms with van der Waals surface area (Å²) in [6.07, 6.45) is 0. The number of nitrogens with one attached hydrogen (secondary N) is 3. The Morgan fingerprint density at radius 2 is 1.94 bits per heavy atom. The highest BCUT2D eigenvalue weighted by atomic mass is 79.9. The zero-order valence-electron chi connectivity index (χ0n) is 17.6. The summed E-state index contributed by atoms with van der Waals surface area (Å²) in [5, 5.41) is 17.1. The molecule has 0 saturated heterocycles. The first-order valence-corrected chi connectivity index (χ1v) is 10.3. The van der Waals surface area contributed by atoms with Crippen molar-refractivity contribution < 1.29 is 23.8 Å². The molecule has 3 amide bonds. The second-order valence-electron chi connectivity index (χ2n) is 6.71. The van der Waals surface area contributed by atoms with Gasteiger partial charge in [-0.1, -0.05) is 12.1 Å². The van der Waals surface area contributed by atoms with Crippen LogP contribution in [0.2, 0.25) is 0 Å². The molecule has 1 aliphatic rings. The maximum Gasteiger partial charge on any atom is 0.319 e. The number of carbonyl (C=O) groups is 2. The van der Waals surface area contributed by atoms with Gasteiger partial charge in [0.2, 0.25) is 0 Å². The molecule has 0 fully saturated rings. The van der Waals surface area contributed by atoms with E-state index >= 15 is 0 Å². The quantitative estimate of drug-likeness (QED) is 0.533. The molecule has 0 unspecified atom stereocenters. The van der Waals surface area contributed by atoms with Gasteiger partial charge in [-0.2, -0.15) is 5.26 Å². The van der Waals surface area contributed by atoms with Crippen molar-refractivity contribution >= 4 is 33.6 Å². The Hall–Kier alpha value is -3.71. The summed E-state index contributed by atoms with van der Waals surface area (Å²) in [5.41, 5.74) is 1.80. The van der Waals surface area contributed by atoms with Crippen LogP contribution < -0.4 is 30.2 Å². The number of ether oxygens (including phenoxy) is 3. The van der Waals surface area contributed by atoms with Crippen molar-refractivity contribution in [1.82, 2.24) is 10.6 Å². The molecule has 0 aliphatic carbocycles. The molecule has 166 valence electrons. The fourth-order valence-corrected chi connectivity index (χ4v) is 3.91. The number of methoxy groups -OCH3 is 2. The van der Waals surface area contributed by atoms with Gasteiger partial charge in [0.15, 0.2) is 18.1 Å². The lowest BCUT2D eigenvalue weighted by molar-refractivity contribution is -0.113. The van der Waals surface area contributed by atoms with E-state index < -0.39 is 18.0 Å². The molecule has 1 heterocycles. The van der Waals surface area contributed by atoms with E-state index in [4.69, 9.17) is 19.5 Å². The van der Waals surface area contributed by atoms with Gasteiger partial charge < -0.3 is 30.2 Å². The van der Waals surface area contributed by atoms with E-state index in [0.717, 1.165) is 0 Å². The predicted octanol–water partition coefficient (Wildman–Crippen LogP) is 3.64. The Labute approximate surface area is 193 Å². The summed E-state index contributed by atoms with van der Waals surface area (Å²) in [4.78, 5) is 25.5. The topological polar surface area (TPSA) is 122 Å². The van der Waals surface area contributed by atoms with Gasteiger partial charge in [0.1, 0.15) is 11.8 Å². The number of rotatable bonds is 7. The van der Waals surface area contributed by atoms with Crippen LogP contribution >= 0.6 is 15.9 Å². The number of hydrogen-bond donors (Lipinski definition) is 3. The van der Waals surface area contributed by atoms with Gasteiger partial charge in [-0.15, -0.1) is 0 Å².